The molecule has 0 radical (unpaired) electrons. The van der Waals surface area contributed by atoms with E-state index in [1.807, 2.05) is 25.7 Å². The number of nitriles is 1. The molecule has 130 valence electrons. The van der Waals surface area contributed by atoms with Gasteiger partial charge in [-0.05, 0) is 56.9 Å². The van der Waals surface area contributed by atoms with Crippen LogP contribution in [0.5, 0.6) is 0 Å². The van der Waals surface area contributed by atoms with Crippen molar-refractivity contribution in [1.29, 1.82) is 5.26 Å². The molecular formula is C20H21F2N3. The molecule has 0 aromatic heterocycles. The van der Waals surface area contributed by atoms with Crippen LogP contribution in [-0.2, 0) is 0 Å². The Labute approximate surface area is 147 Å². The van der Waals surface area contributed by atoms with Crippen molar-refractivity contribution in [1.82, 2.24) is 0 Å². The third kappa shape index (κ3) is 2.28. The third-order valence-electron chi connectivity index (χ3n) is 5.39. The zero-order valence-corrected chi connectivity index (χ0v) is 15.3. The fourth-order valence-corrected chi connectivity index (χ4v) is 3.73. The van der Waals surface area contributed by atoms with Crippen LogP contribution in [0, 0.1) is 50.7 Å². The summed E-state index contributed by atoms with van der Waals surface area (Å²) in [7, 11) is 1.76. The van der Waals surface area contributed by atoms with Gasteiger partial charge in [0, 0.05) is 18.8 Å². The Morgan fingerprint density at radius 3 is 2.24 bits per heavy atom. The Morgan fingerprint density at radius 1 is 1.00 bits per heavy atom. The van der Waals surface area contributed by atoms with Gasteiger partial charge in [0.2, 0.25) is 0 Å². The summed E-state index contributed by atoms with van der Waals surface area (Å²) in [5, 5.41) is 9.06. The van der Waals surface area contributed by atoms with Gasteiger partial charge in [0.05, 0.1) is 5.69 Å². The highest BCUT2D eigenvalue weighted by molar-refractivity contribution is 5.87. The van der Waals surface area contributed by atoms with E-state index in [2.05, 4.69) is 19.9 Å². The summed E-state index contributed by atoms with van der Waals surface area (Å²) >= 11 is 0. The highest BCUT2D eigenvalue weighted by atomic mass is 19.1. The van der Waals surface area contributed by atoms with Gasteiger partial charge in [-0.25, -0.2) is 8.78 Å². The van der Waals surface area contributed by atoms with Crippen molar-refractivity contribution in [2.24, 2.45) is 0 Å². The molecule has 1 aliphatic heterocycles. The van der Waals surface area contributed by atoms with Crippen LogP contribution in [0.25, 0.3) is 0 Å². The molecule has 1 heterocycles. The standard InChI is InChI=1S/C20H21F2N3/c1-10-7-11(2)19(13(4)12(10)3)25-14(5)24(6)20-17(25)8-16(21)15(9-23)18(20)22/h7-8,14H,1-6H3/t14-/m1/s1. The van der Waals surface area contributed by atoms with Gasteiger partial charge in [-0.15, -0.1) is 0 Å². The predicted molar refractivity (Wildman–Crippen MR) is 96.5 cm³/mol. The molecule has 0 saturated heterocycles. The molecule has 0 fully saturated rings. The lowest BCUT2D eigenvalue weighted by atomic mass is 9.97. The van der Waals surface area contributed by atoms with Crippen molar-refractivity contribution in [3.05, 3.63) is 51.6 Å². The zero-order valence-electron chi connectivity index (χ0n) is 15.3. The van der Waals surface area contributed by atoms with Crippen LogP contribution in [0.2, 0.25) is 0 Å². The summed E-state index contributed by atoms with van der Waals surface area (Å²) in [6, 6.07) is 4.99. The Hall–Kier alpha value is -2.61. The van der Waals surface area contributed by atoms with E-state index in [0.29, 0.717) is 5.69 Å². The van der Waals surface area contributed by atoms with Crippen LogP contribution < -0.4 is 9.80 Å². The lowest BCUT2D eigenvalue weighted by Crippen LogP contribution is -2.36. The minimum atomic E-state index is -0.828. The zero-order chi connectivity index (χ0) is 18.6. The van der Waals surface area contributed by atoms with Crippen LogP contribution >= 0.6 is 0 Å². The van der Waals surface area contributed by atoms with E-state index in [9.17, 15) is 8.78 Å². The van der Waals surface area contributed by atoms with Crippen LogP contribution in [0.3, 0.4) is 0 Å². The van der Waals surface area contributed by atoms with Gasteiger partial charge in [0.15, 0.2) is 5.82 Å². The van der Waals surface area contributed by atoms with Gasteiger partial charge in [0.1, 0.15) is 29.3 Å². The highest BCUT2D eigenvalue weighted by Crippen LogP contribution is 2.48. The quantitative estimate of drug-likeness (QED) is 0.731. The molecule has 0 spiro atoms. The molecule has 2 aromatic rings. The average molecular weight is 341 g/mol. The molecule has 25 heavy (non-hydrogen) atoms. The summed E-state index contributed by atoms with van der Waals surface area (Å²) in [6.45, 7) is 10.1. The van der Waals surface area contributed by atoms with Crippen LogP contribution in [0.15, 0.2) is 12.1 Å². The van der Waals surface area contributed by atoms with Crippen molar-refractivity contribution in [3.63, 3.8) is 0 Å². The van der Waals surface area contributed by atoms with E-state index in [1.165, 1.54) is 17.2 Å². The fraction of sp³-hybridized carbons (Fsp3) is 0.350. The molecule has 1 atom stereocenters. The predicted octanol–water partition coefficient (Wildman–Crippen LogP) is 5.00. The molecule has 0 N–H and O–H groups in total. The molecule has 0 bridgehead atoms. The maximum Gasteiger partial charge on any atom is 0.169 e. The topological polar surface area (TPSA) is 30.3 Å². The second-order valence-electron chi connectivity index (χ2n) is 6.75. The van der Waals surface area contributed by atoms with E-state index in [0.717, 1.165) is 16.8 Å². The Balaban J connectivity index is 2.34. The molecule has 5 heteroatoms. The molecule has 0 aliphatic carbocycles. The Bertz CT molecular complexity index is 928. The number of halogens is 2. The van der Waals surface area contributed by atoms with Gasteiger partial charge in [0.25, 0.3) is 0 Å². The summed E-state index contributed by atoms with van der Waals surface area (Å²) in [5.74, 6) is -1.63. The van der Waals surface area contributed by atoms with E-state index in [4.69, 9.17) is 5.26 Å². The molecule has 0 saturated carbocycles. The first kappa shape index (κ1) is 17.2. The van der Waals surface area contributed by atoms with Crippen LogP contribution in [0.4, 0.5) is 25.8 Å². The SMILES string of the molecule is Cc1cc(C)c(N2c3cc(F)c(C#N)c(F)c3N(C)[C@H]2C)c(C)c1C. The number of benzene rings is 2. The molecular weight excluding hydrogens is 320 g/mol. The first-order chi connectivity index (χ1) is 11.7. The normalized spacial score (nSPS) is 16.2. The number of aryl methyl sites for hydroxylation is 2. The Morgan fingerprint density at radius 2 is 1.64 bits per heavy atom. The highest BCUT2D eigenvalue weighted by Gasteiger charge is 2.37. The van der Waals surface area contributed by atoms with Crippen molar-refractivity contribution in [3.8, 4) is 6.07 Å². The second kappa shape index (κ2) is 5.73. The van der Waals surface area contributed by atoms with E-state index >= 15 is 0 Å². The first-order valence-electron chi connectivity index (χ1n) is 8.22. The Kier molecular flexibility index (Phi) is 3.95. The lowest BCUT2D eigenvalue weighted by molar-refractivity contribution is 0.577. The van der Waals surface area contributed by atoms with Crippen molar-refractivity contribution < 1.29 is 8.78 Å². The maximum absolute atomic E-state index is 14.8. The summed E-state index contributed by atoms with van der Waals surface area (Å²) in [4.78, 5) is 3.71. The molecule has 1 aliphatic rings. The number of hydrogen-bond donors (Lipinski definition) is 0. The van der Waals surface area contributed by atoms with E-state index in [1.54, 1.807) is 18.0 Å². The largest absolute Gasteiger partial charge is 0.350 e. The third-order valence-corrected chi connectivity index (χ3v) is 5.39. The fourth-order valence-electron chi connectivity index (χ4n) is 3.73. The van der Waals surface area contributed by atoms with Crippen molar-refractivity contribution >= 4 is 17.1 Å². The monoisotopic (exact) mass is 341 g/mol. The van der Waals surface area contributed by atoms with Gasteiger partial charge >= 0.3 is 0 Å². The first-order valence-corrected chi connectivity index (χ1v) is 8.22. The van der Waals surface area contributed by atoms with Gasteiger partial charge in [-0.1, -0.05) is 6.07 Å². The van der Waals surface area contributed by atoms with E-state index < -0.39 is 17.2 Å². The molecule has 0 amide bonds. The molecule has 3 rings (SSSR count). The number of rotatable bonds is 1. The van der Waals surface area contributed by atoms with Crippen LogP contribution in [-0.4, -0.2) is 13.2 Å². The summed E-state index contributed by atoms with van der Waals surface area (Å²) < 4.78 is 29.0. The number of hydrogen-bond acceptors (Lipinski definition) is 3. The number of nitrogens with zero attached hydrogens (tertiary/aromatic N) is 3. The van der Waals surface area contributed by atoms with Crippen molar-refractivity contribution in [2.75, 3.05) is 16.8 Å². The molecule has 3 nitrogen and oxygen atoms in total. The molecule has 2 aromatic carbocycles. The van der Waals surface area contributed by atoms with Crippen LogP contribution in [0.1, 0.15) is 34.7 Å². The second-order valence-corrected chi connectivity index (χ2v) is 6.75. The molecule has 0 unspecified atom stereocenters. The summed E-state index contributed by atoms with van der Waals surface area (Å²) in [6.07, 6.45) is -0.197. The van der Waals surface area contributed by atoms with E-state index in [-0.39, 0.29) is 11.9 Å². The smallest absolute Gasteiger partial charge is 0.169 e. The minimum Gasteiger partial charge on any atom is -0.350 e. The number of fused-ring (bicyclic) bond motifs is 1. The van der Waals surface area contributed by atoms with Gasteiger partial charge < -0.3 is 9.80 Å². The maximum atomic E-state index is 14.8. The van der Waals surface area contributed by atoms with Gasteiger partial charge in [-0.3, -0.25) is 0 Å². The number of anilines is 3. The van der Waals surface area contributed by atoms with Crippen molar-refractivity contribution in [2.45, 2.75) is 40.8 Å². The summed E-state index contributed by atoms with van der Waals surface area (Å²) in [5.41, 5.74) is 5.66. The minimum absolute atomic E-state index is 0.197. The van der Waals surface area contributed by atoms with Gasteiger partial charge in [-0.2, -0.15) is 5.26 Å². The average Bonchev–Trinajstić information content (AvgIpc) is 2.78. The lowest BCUT2D eigenvalue weighted by Gasteiger charge is -2.31.